The van der Waals surface area contributed by atoms with Gasteiger partial charge < -0.3 is 0 Å². The maximum atomic E-state index is 4.33. The van der Waals surface area contributed by atoms with E-state index < -0.39 is 0 Å². The lowest BCUT2D eigenvalue weighted by molar-refractivity contribution is 0.942. The number of allylic oxidation sites excluding steroid dienone is 3. The Kier molecular flexibility index (Phi) is 2.54. The summed E-state index contributed by atoms with van der Waals surface area (Å²) in [6.45, 7) is 2.13. The van der Waals surface area contributed by atoms with Gasteiger partial charge in [0, 0.05) is 12.4 Å². The Balaban J connectivity index is 2.35. The van der Waals surface area contributed by atoms with Crippen molar-refractivity contribution in [3.05, 3.63) is 48.3 Å². The van der Waals surface area contributed by atoms with E-state index in [1.165, 1.54) is 0 Å². The summed E-state index contributed by atoms with van der Waals surface area (Å²) in [5.74, 6) is 0.412. The van der Waals surface area contributed by atoms with Crippen LogP contribution < -0.4 is 0 Å². The van der Waals surface area contributed by atoms with Crippen molar-refractivity contribution >= 4 is 11.9 Å². The van der Waals surface area contributed by atoms with Crippen molar-refractivity contribution in [1.82, 2.24) is 4.98 Å². The number of aliphatic imine (C=N–C) groups is 1. The van der Waals surface area contributed by atoms with E-state index in [1.807, 2.05) is 30.5 Å². The average Bonchev–Trinajstić information content (AvgIpc) is 2.44. The summed E-state index contributed by atoms with van der Waals surface area (Å²) < 4.78 is 0. The zero-order chi connectivity index (χ0) is 9.80. The Morgan fingerprint density at radius 2 is 2.21 bits per heavy atom. The quantitative estimate of drug-likeness (QED) is 0.658. The van der Waals surface area contributed by atoms with Gasteiger partial charge in [-0.25, -0.2) is 0 Å². The second kappa shape index (κ2) is 4.01. The highest BCUT2D eigenvalue weighted by Crippen LogP contribution is 2.17. The van der Waals surface area contributed by atoms with Crippen LogP contribution in [0.15, 0.2) is 47.6 Å². The first kappa shape index (κ1) is 8.88. The molecule has 0 amide bonds. The smallest absolute Gasteiger partial charge is 0.0883 e. The van der Waals surface area contributed by atoms with Crippen LogP contribution in [0.2, 0.25) is 0 Å². The van der Waals surface area contributed by atoms with Gasteiger partial charge in [-0.15, -0.1) is 0 Å². The van der Waals surface area contributed by atoms with E-state index in [9.17, 15) is 0 Å². The summed E-state index contributed by atoms with van der Waals surface area (Å²) in [6, 6.07) is 5.86. The number of hydrogen-bond donors (Lipinski definition) is 0. The minimum absolute atomic E-state index is 0.412. The molecule has 0 radical (unpaired) electrons. The summed E-state index contributed by atoms with van der Waals surface area (Å²) >= 11 is 0. The normalized spacial score (nSPS) is 20.4. The van der Waals surface area contributed by atoms with Crippen LogP contribution in [0.3, 0.4) is 0 Å². The Hall–Kier alpha value is -1.70. The lowest BCUT2D eigenvalue weighted by atomic mass is 10.1. The molecule has 1 unspecified atom stereocenters. The summed E-state index contributed by atoms with van der Waals surface area (Å²) in [7, 11) is 0. The Bertz CT molecular complexity index is 388. The first-order valence-corrected chi connectivity index (χ1v) is 4.70. The highest BCUT2D eigenvalue weighted by Gasteiger charge is 2.03. The van der Waals surface area contributed by atoms with Crippen molar-refractivity contribution < 1.29 is 0 Å². The second-order valence-electron chi connectivity index (χ2n) is 3.29. The molecule has 0 bridgehead atoms. The molecule has 0 spiro atoms. The molecule has 2 heteroatoms. The van der Waals surface area contributed by atoms with Crippen LogP contribution in [0.25, 0.3) is 5.70 Å². The van der Waals surface area contributed by atoms with Gasteiger partial charge >= 0.3 is 0 Å². The van der Waals surface area contributed by atoms with E-state index in [0.717, 1.165) is 11.4 Å². The largest absolute Gasteiger partial charge is 0.255 e. The fraction of sp³-hybridized carbons (Fsp3) is 0.167. The minimum atomic E-state index is 0.412. The number of pyridine rings is 1. The van der Waals surface area contributed by atoms with Crippen LogP contribution in [-0.2, 0) is 0 Å². The molecule has 2 rings (SSSR count). The molecule has 0 aliphatic carbocycles. The summed E-state index contributed by atoms with van der Waals surface area (Å²) in [4.78, 5) is 8.60. The standard InChI is InChI=1S/C12H12N2/c1-10-5-4-8-14-12(9-10)11-6-2-3-7-13-11/h2-10H,1H3. The van der Waals surface area contributed by atoms with Gasteiger partial charge in [-0.2, -0.15) is 0 Å². The average molecular weight is 184 g/mol. The predicted molar refractivity (Wildman–Crippen MR) is 59.0 cm³/mol. The number of hydrogen-bond acceptors (Lipinski definition) is 2. The lowest BCUT2D eigenvalue weighted by Crippen LogP contribution is -1.88. The molecule has 14 heavy (non-hydrogen) atoms. The molecule has 1 aromatic heterocycles. The summed E-state index contributed by atoms with van der Waals surface area (Å²) in [5.41, 5.74) is 1.88. The molecule has 0 saturated carbocycles. The monoisotopic (exact) mass is 184 g/mol. The fourth-order valence-electron chi connectivity index (χ4n) is 1.36. The highest BCUT2D eigenvalue weighted by atomic mass is 14.8. The minimum Gasteiger partial charge on any atom is -0.255 e. The molecule has 70 valence electrons. The van der Waals surface area contributed by atoms with E-state index in [4.69, 9.17) is 0 Å². The molecule has 0 N–H and O–H groups in total. The Morgan fingerprint density at radius 3 is 3.00 bits per heavy atom. The molecule has 2 heterocycles. The van der Waals surface area contributed by atoms with E-state index in [-0.39, 0.29) is 0 Å². The number of nitrogens with zero attached hydrogens (tertiary/aromatic N) is 2. The zero-order valence-electron chi connectivity index (χ0n) is 8.09. The molecular weight excluding hydrogens is 172 g/mol. The van der Waals surface area contributed by atoms with E-state index in [0.29, 0.717) is 5.92 Å². The van der Waals surface area contributed by atoms with Crippen molar-refractivity contribution in [1.29, 1.82) is 0 Å². The van der Waals surface area contributed by atoms with Gasteiger partial charge in [0.1, 0.15) is 0 Å². The van der Waals surface area contributed by atoms with Gasteiger partial charge in [0.25, 0.3) is 0 Å². The molecule has 1 aliphatic rings. The molecule has 1 aromatic rings. The zero-order valence-corrected chi connectivity index (χ0v) is 8.09. The van der Waals surface area contributed by atoms with Gasteiger partial charge in [0.2, 0.25) is 0 Å². The van der Waals surface area contributed by atoms with Gasteiger partial charge in [0.05, 0.1) is 11.4 Å². The van der Waals surface area contributed by atoms with Crippen molar-refractivity contribution in [2.75, 3.05) is 0 Å². The maximum Gasteiger partial charge on any atom is 0.0883 e. The molecule has 1 atom stereocenters. The SMILES string of the molecule is CC1C=CC=NC(c2ccccn2)=C1. The third-order valence-corrected chi connectivity index (χ3v) is 2.06. The third kappa shape index (κ3) is 1.96. The first-order chi connectivity index (χ1) is 6.86. The summed E-state index contributed by atoms with van der Waals surface area (Å²) in [6.07, 6.45) is 9.79. The second-order valence-corrected chi connectivity index (χ2v) is 3.29. The first-order valence-electron chi connectivity index (χ1n) is 4.70. The van der Waals surface area contributed by atoms with E-state index in [1.54, 1.807) is 6.20 Å². The van der Waals surface area contributed by atoms with Crippen LogP contribution >= 0.6 is 0 Å². The van der Waals surface area contributed by atoms with Crippen LogP contribution in [0.1, 0.15) is 12.6 Å². The number of rotatable bonds is 1. The molecule has 0 fully saturated rings. The third-order valence-electron chi connectivity index (χ3n) is 2.06. The summed E-state index contributed by atoms with van der Waals surface area (Å²) in [5, 5.41) is 0. The maximum absolute atomic E-state index is 4.33. The van der Waals surface area contributed by atoms with Gasteiger partial charge in [-0.1, -0.05) is 19.1 Å². The topological polar surface area (TPSA) is 25.2 Å². The van der Waals surface area contributed by atoms with Crippen molar-refractivity contribution in [2.24, 2.45) is 10.9 Å². The van der Waals surface area contributed by atoms with Gasteiger partial charge in [0.15, 0.2) is 0 Å². The van der Waals surface area contributed by atoms with Gasteiger partial charge in [-0.05, 0) is 30.2 Å². The number of aromatic nitrogens is 1. The molecule has 0 aromatic carbocycles. The fourth-order valence-corrected chi connectivity index (χ4v) is 1.36. The van der Waals surface area contributed by atoms with Crippen molar-refractivity contribution in [3.63, 3.8) is 0 Å². The van der Waals surface area contributed by atoms with Crippen molar-refractivity contribution in [3.8, 4) is 0 Å². The Labute approximate surface area is 83.7 Å². The van der Waals surface area contributed by atoms with E-state index >= 15 is 0 Å². The van der Waals surface area contributed by atoms with Crippen molar-refractivity contribution in [2.45, 2.75) is 6.92 Å². The molecule has 1 aliphatic heterocycles. The van der Waals surface area contributed by atoms with Crippen LogP contribution in [-0.4, -0.2) is 11.2 Å². The van der Waals surface area contributed by atoms with Crippen LogP contribution in [0.5, 0.6) is 0 Å². The Morgan fingerprint density at radius 1 is 1.29 bits per heavy atom. The molecule has 0 saturated heterocycles. The molecule has 2 nitrogen and oxygen atoms in total. The lowest BCUT2D eigenvalue weighted by Gasteiger charge is -2.01. The van der Waals surface area contributed by atoms with Crippen LogP contribution in [0.4, 0.5) is 0 Å². The van der Waals surface area contributed by atoms with Gasteiger partial charge in [-0.3, -0.25) is 9.98 Å². The predicted octanol–water partition coefficient (Wildman–Crippen LogP) is 2.70. The highest BCUT2D eigenvalue weighted by molar-refractivity contribution is 5.80. The van der Waals surface area contributed by atoms with E-state index in [2.05, 4.69) is 29.1 Å². The molecular formula is C12H12N2. The van der Waals surface area contributed by atoms with Crippen LogP contribution in [0, 0.1) is 5.92 Å².